The number of H-pyrrole nitrogens is 1. The summed E-state index contributed by atoms with van der Waals surface area (Å²) in [5.41, 5.74) is 2.81. The zero-order valence-electron chi connectivity index (χ0n) is 20.6. The van der Waals surface area contributed by atoms with Crippen LogP contribution in [-0.2, 0) is 19.6 Å². The molecule has 0 unspecified atom stereocenters. The van der Waals surface area contributed by atoms with E-state index in [9.17, 15) is 18.0 Å². The smallest absolute Gasteiger partial charge is 0.265 e. The van der Waals surface area contributed by atoms with Crippen molar-refractivity contribution in [3.63, 3.8) is 0 Å². The summed E-state index contributed by atoms with van der Waals surface area (Å²) in [6.07, 6.45) is -0.435. The van der Waals surface area contributed by atoms with E-state index in [2.05, 4.69) is 25.8 Å². The Kier molecular flexibility index (Phi) is 6.72. The molecule has 0 bridgehead atoms. The summed E-state index contributed by atoms with van der Waals surface area (Å²) in [5.74, 6) is -0.891. The normalized spacial score (nSPS) is 15.2. The van der Waals surface area contributed by atoms with E-state index >= 15 is 0 Å². The maximum atomic E-state index is 14.0. The molecule has 0 saturated heterocycles. The average Bonchev–Trinajstić information content (AvgIpc) is 3.50. The monoisotopic (exact) mass is 570 g/mol. The molecule has 0 radical (unpaired) electrons. The van der Waals surface area contributed by atoms with Crippen LogP contribution in [0.15, 0.2) is 52.7 Å². The maximum Gasteiger partial charge on any atom is 0.265 e. The zero-order chi connectivity index (χ0) is 27.2. The molecule has 38 heavy (non-hydrogen) atoms. The maximum absolute atomic E-state index is 14.0. The molecule has 3 heterocycles. The number of thiazole rings is 1. The minimum absolute atomic E-state index is 0.00563. The largest absolute Gasteiger partial charge is 0.322 e. The van der Waals surface area contributed by atoms with Gasteiger partial charge in [-0.1, -0.05) is 23.7 Å². The van der Waals surface area contributed by atoms with Gasteiger partial charge in [-0.25, -0.2) is 13.4 Å². The Morgan fingerprint density at radius 2 is 1.89 bits per heavy atom. The highest BCUT2D eigenvalue weighted by Gasteiger charge is 2.42. The predicted molar refractivity (Wildman–Crippen MR) is 147 cm³/mol. The van der Waals surface area contributed by atoms with Crippen LogP contribution in [0, 0.1) is 20.8 Å². The molecule has 2 aromatic heterocycles. The van der Waals surface area contributed by atoms with Crippen LogP contribution in [0.3, 0.4) is 0 Å². The molecule has 2 aromatic carbocycles. The van der Waals surface area contributed by atoms with E-state index in [1.165, 1.54) is 17.4 Å². The van der Waals surface area contributed by atoms with E-state index in [1.807, 2.05) is 12.3 Å². The number of hydrogen-bond donors (Lipinski definition) is 3. The predicted octanol–water partition coefficient (Wildman–Crippen LogP) is 4.66. The van der Waals surface area contributed by atoms with Gasteiger partial charge in [-0.15, -0.1) is 11.3 Å². The first-order valence-electron chi connectivity index (χ1n) is 11.5. The number of aromatic nitrogens is 3. The number of carbonyl (C=O) groups is 2. The summed E-state index contributed by atoms with van der Waals surface area (Å²) < 4.78 is 29.1. The SMILES string of the molecule is Cc1nc(-c2cc(NC(=O)C[C@@H]3C(=O)Nc4ccccc4N3S(=O)(=O)c3cc(C)c(Cl)cc3C)[nH]n2)cs1. The van der Waals surface area contributed by atoms with Crippen molar-refractivity contribution < 1.29 is 18.0 Å². The molecule has 5 rings (SSSR count). The number of nitrogens with zero attached hydrogens (tertiary/aromatic N) is 3. The summed E-state index contributed by atoms with van der Waals surface area (Å²) >= 11 is 7.68. The molecule has 0 fully saturated rings. The van der Waals surface area contributed by atoms with Gasteiger partial charge in [0.2, 0.25) is 11.8 Å². The van der Waals surface area contributed by atoms with E-state index in [0.29, 0.717) is 39.0 Å². The van der Waals surface area contributed by atoms with Crippen molar-refractivity contribution in [2.45, 2.75) is 38.1 Å². The van der Waals surface area contributed by atoms with Crippen molar-refractivity contribution in [3.05, 3.63) is 69.0 Å². The Bertz CT molecular complexity index is 1680. The lowest BCUT2D eigenvalue weighted by molar-refractivity contribution is -0.122. The Morgan fingerprint density at radius 1 is 1.13 bits per heavy atom. The summed E-state index contributed by atoms with van der Waals surface area (Å²) in [6, 6.07) is 9.89. The van der Waals surface area contributed by atoms with Gasteiger partial charge < -0.3 is 10.6 Å². The Hall–Kier alpha value is -3.74. The number of aryl methyl sites for hydroxylation is 3. The molecule has 13 heteroatoms. The number of aromatic amines is 1. The van der Waals surface area contributed by atoms with Crippen molar-refractivity contribution in [1.82, 2.24) is 15.2 Å². The lowest BCUT2D eigenvalue weighted by Crippen LogP contribution is -2.52. The lowest BCUT2D eigenvalue weighted by Gasteiger charge is -2.37. The van der Waals surface area contributed by atoms with Gasteiger partial charge >= 0.3 is 0 Å². The van der Waals surface area contributed by atoms with Gasteiger partial charge in [-0.05, 0) is 56.2 Å². The highest BCUT2D eigenvalue weighted by molar-refractivity contribution is 7.93. The first-order chi connectivity index (χ1) is 18.0. The third-order valence-corrected chi connectivity index (χ3v) is 9.24. The first kappa shape index (κ1) is 25.9. The number of halogens is 1. The summed E-state index contributed by atoms with van der Waals surface area (Å²) in [4.78, 5) is 30.6. The zero-order valence-corrected chi connectivity index (χ0v) is 23.0. The summed E-state index contributed by atoms with van der Waals surface area (Å²) in [7, 11) is -4.27. The molecule has 1 aliphatic heterocycles. The first-order valence-corrected chi connectivity index (χ1v) is 14.2. The van der Waals surface area contributed by atoms with E-state index in [4.69, 9.17) is 11.6 Å². The fourth-order valence-corrected chi connectivity index (χ4v) is 7.00. The van der Waals surface area contributed by atoms with Gasteiger partial charge in [0.15, 0.2) is 0 Å². The van der Waals surface area contributed by atoms with Gasteiger partial charge in [0.25, 0.3) is 10.0 Å². The molecule has 0 spiro atoms. The fraction of sp³-hybridized carbons (Fsp3) is 0.200. The standard InChI is InChI=1S/C25H23ClN6O4S2/c1-13-9-22(14(2)8-16(13)26)38(35,36)32-20-7-5-4-6-17(20)28-25(34)21(32)11-24(33)29-23-10-18(30-31-23)19-12-37-15(3)27-19/h4-10,12,21H,11H2,1-3H3,(H,28,34)(H2,29,30,31,33)/t21-/m1/s1. The van der Waals surface area contributed by atoms with Crippen molar-refractivity contribution in [2.75, 3.05) is 14.9 Å². The lowest BCUT2D eigenvalue weighted by atomic mass is 10.1. The van der Waals surface area contributed by atoms with E-state index in [-0.39, 0.29) is 10.6 Å². The second kappa shape index (κ2) is 9.86. The topological polar surface area (TPSA) is 137 Å². The van der Waals surface area contributed by atoms with Gasteiger partial charge in [-0.3, -0.25) is 19.0 Å². The second-order valence-corrected chi connectivity index (χ2v) is 12.1. The number of carbonyl (C=O) groups excluding carboxylic acids is 2. The fourth-order valence-electron chi connectivity index (χ4n) is 4.25. The number of benzene rings is 2. The minimum atomic E-state index is -4.27. The molecule has 1 aliphatic rings. The van der Waals surface area contributed by atoms with Crippen LogP contribution < -0.4 is 14.9 Å². The number of fused-ring (bicyclic) bond motifs is 1. The van der Waals surface area contributed by atoms with Crippen LogP contribution in [0.4, 0.5) is 17.2 Å². The van der Waals surface area contributed by atoms with Crippen molar-refractivity contribution in [3.8, 4) is 11.4 Å². The Balaban J connectivity index is 1.47. The van der Waals surface area contributed by atoms with Crippen LogP contribution in [-0.4, -0.2) is 41.5 Å². The second-order valence-electron chi connectivity index (χ2n) is 8.86. The molecule has 10 nitrogen and oxygen atoms in total. The molecular formula is C25H23ClN6O4S2. The molecule has 2 amide bonds. The van der Waals surface area contributed by atoms with Gasteiger partial charge in [0.1, 0.15) is 23.2 Å². The summed E-state index contributed by atoms with van der Waals surface area (Å²) in [6.45, 7) is 5.22. The molecule has 0 aliphatic carbocycles. The third-order valence-electron chi connectivity index (χ3n) is 6.09. The Morgan fingerprint density at radius 3 is 2.63 bits per heavy atom. The third kappa shape index (κ3) is 4.77. The quantitative estimate of drug-likeness (QED) is 0.308. The highest BCUT2D eigenvalue weighted by atomic mass is 35.5. The number of para-hydroxylation sites is 2. The van der Waals surface area contributed by atoms with Crippen LogP contribution in [0.25, 0.3) is 11.4 Å². The molecular weight excluding hydrogens is 548 g/mol. The number of sulfonamides is 1. The van der Waals surface area contributed by atoms with Crippen molar-refractivity contribution >= 4 is 62.0 Å². The van der Waals surface area contributed by atoms with E-state index in [0.717, 1.165) is 9.31 Å². The van der Waals surface area contributed by atoms with Crippen LogP contribution in [0.2, 0.25) is 5.02 Å². The molecule has 0 saturated carbocycles. The molecule has 196 valence electrons. The minimum Gasteiger partial charge on any atom is -0.322 e. The molecule has 4 aromatic rings. The number of hydrogen-bond acceptors (Lipinski definition) is 7. The molecule has 1 atom stereocenters. The van der Waals surface area contributed by atoms with Gasteiger partial charge in [-0.2, -0.15) is 5.10 Å². The van der Waals surface area contributed by atoms with Crippen LogP contribution in [0.1, 0.15) is 22.6 Å². The number of rotatable bonds is 6. The number of amides is 2. The van der Waals surface area contributed by atoms with E-state index in [1.54, 1.807) is 50.2 Å². The number of anilines is 3. The number of nitrogens with one attached hydrogen (secondary N) is 3. The summed E-state index contributed by atoms with van der Waals surface area (Å²) in [5, 5.41) is 15.5. The van der Waals surface area contributed by atoms with Crippen LogP contribution in [0.5, 0.6) is 0 Å². The van der Waals surface area contributed by atoms with Crippen molar-refractivity contribution in [2.24, 2.45) is 0 Å². The average molecular weight is 571 g/mol. The van der Waals surface area contributed by atoms with E-state index < -0.39 is 34.3 Å². The van der Waals surface area contributed by atoms with Crippen LogP contribution >= 0.6 is 22.9 Å². The molecule has 3 N–H and O–H groups in total. The van der Waals surface area contributed by atoms with Gasteiger partial charge in [0, 0.05) is 16.5 Å². The Labute approximate surface area is 228 Å². The highest BCUT2D eigenvalue weighted by Crippen LogP contribution is 2.38. The van der Waals surface area contributed by atoms with Crippen molar-refractivity contribution in [1.29, 1.82) is 0 Å². The van der Waals surface area contributed by atoms with Gasteiger partial charge in [0.05, 0.1) is 27.7 Å².